The smallest absolute Gasteiger partial charge is 0.328 e. The van der Waals surface area contributed by atoms with Crippen molar-refractivity contribution in [3.05, 3.63) is 36.0 Å². The van der Waals surface area contributed by atoms with Gasteiger partial charge in [-0.25, -0.2) is 4.79 Å². The summed E-state index contributed by atoms with van der Waals surface area (Å²) in [6.07, 6.45) is 3.86. The molecule has 2 heterocycles. The zero-order chi connectivity index (χ0) is 19.7. The Hall–Kier alpha value is -2.83. The van der Waals surface area contributed by atoms with Crippen molar-refractivity contribution < 1.29 is 19.1 Å². The van der Waals surface area contributed by atoms with Gasteiger partial charge in [0.05, 0.1) is 12.5 Å². The Bertz CT molecular complexity index is 920. The summed E-state index contributed by atoms with van der Waals surface area (Å²) < 4.78 is 6.79. The van der Waals surface area contributed by atoms with Crippen LogP contribution in [0, 0.1) is 5.92 Å². The number of ether oxygens (including phenoxy) is 1. The molecule has 0 radical (unpaired) electrons. The van der Waals surface area contributed by atoms with Crippen LogP contribution in [0.25, 0.3) is 10.9 Å². The van der Waals surface area contributed by atoms with Crippen LogP contribution in [0.2, 0.25) is 0 Å². The number of aryl methyl sites for hydroxylation is 1. The quantitative estimate of drug-likeness (QED) is 0.789. The number of benzene rings is 1. The Morgan fingerprint density at radius 2 is 1.89 bits per heavy atom. The molecule has 4 rings (SSSR count). The molecule has 2 aromatic rings. The lowest BCUT2D eigenvalue weighted by Gasteiger charge is -2.31. The number of hydrogen-bond acceptors (Lipinski definition) is 4. The van der Waals surface area contributed by atoms with Crippen LogP contribution in [0.5, 0.6) is 0 Å². The van der Waals surface area contributed by atoms with Gasteiger partial charge in [0.15, 0.2) is 0 Å². The number of aromatic nitrogens is 1. The molecule has 3 unspecified atom stereocenters. The van der Waals surface area contributed by atoms with Crippen LogP contribution in [0.3, 0.4) is 0 Å². The molecule has 1 saturated carbocycles. The normalized spacial score (nSPS) is 24.8. The first-order valence-electron chi connectivity index (χ1n) is 9.87. The van der Waals surface area contributed by atoms with Crippen molar-refractivity contribution in [2.75, 3.05) is 6.61 Å². The van der Waals surface area contributed by atoms with Crippen LogP contribution < -0.4 is 10.6 Å². The highest BCUT2D eigenvalue weighted by Gasteiger charge is 2.36. The molecule has 1 aromatic heterocycles. The number of esters is 1. The van der Waals surface area contributed by atoms with Crippen LogP contribution in [0.4, 0.5) is 0 Å². The lowest BCUT2D eigenvalue weighted by Crippen LogP contribution is -2.51. The highest BCUT2D eigenvalue weighted by Crippen LogP contribution is 2.26. The van der Waals surface area contributed by atoms with E-state index in [4.69, 9.17) is 4.74 Å². The van der Waals surface area contributed by atoms with Crippen LogP contribution in [0.1, 0.15) is 42.6 Å². The molecule has 2 N–H and O–H groups in total. The summed E-state index contributed by atoms with van der Waals surface area (Å²) in [4.78, 5) is 37.3. The van der Waals surface area contributed by atoms with Gasteiger partial charge in [-0.05, 0) is 25.0 Å². The molecular weight excluding hydrogens is 358 g/mol. The summed E-state index contributed by atoms with van der Waals surface area (Å²) in [5, 5.41) is 6.88. The second-order valence-electron chi connectivity index (χ2n) is 7.64. The van der Waals surface area contributed by atoms with E-state index in [-0.39, 0.29) is 29.7 Å². The van der Waals surface area contributed by atoms with Crippen LogP contribution in [-0.2, 0) is 21.4 Å². The first-order valence-corrected chi connectivity index (χ1v) is 9.87. The zero-order valence-electron chi connectivity index (χ0n) is 15.9. The van der Waals surface area contributed by atoms with E-state index in [1.54, 1.807) is 0 Å². The van der Waals surface area contributed by atoms with E-state index < -0.39 is 6.04 Å². The van der Waals surface area contributed by atoms with Crippen molar-refractivity contribution in [2.45, 2.75) is 44.2 Å². The third kappa shape index (κ3) is 3.48. The lowest BCUT2D eigenvalue weighted by molar-refractivity contribution is -0.142. The first kappa shape index (κ1) is 18.5. The Kier molecular flexibility index (Phi) is 5.07. The average molecular weight is 383 g/mol. The minimum Gasteiger partial charge on any atom is -0.464 e. The molecule has 28 heavy (non-hydrogen) atoms. The van der Waals surface area contributed by atoms with Crippen molar-refractivity contribution >= 4 is 28.7 Å². The summed E-state index contributed by atoms with van der Waals surface area (Å²) in [6.45, 7) is 0.343. The van der Waals surface area contributed by atoms with Gasteiger partial charge in [-0.15, -0.1) is 0 Å². The van der Waals surface area contributed by atoms with Crippen LogP contribution in [-0.4, -0.2) is 41.0 Å². The number of nitrogens with zero attached hydrogens (tertiary/aromatic N) is 1. The molecule has 1 saturated heterocycles. The first-order chi connectivity index (χ1) is 13.5. The molecule has 1 aliphatic carbocycles. The Morgan fingerprint density at radius 3 is 2.64 bits per heavy atom. The van der Waals surface area contributed by atoms with Crippen LogP contribution in [0.15, 0.2) is 30.3 Å². The molecule has 7 nitrogen and oxygen atoms in total. The third-order valence-electron chi connectivity index (χ3n) is 5.86. The number of carbonyl (C=O) groups excluding carboxylic acids is 3. The zero-order valence-corrected chi connectivity index (χ0v) is 15.9. The number of nitrogens with one attached hydrogen (secondary N) is 2. The number of fused-ring (bicyclic) bond motifs is 1. The van der Waals surface area contributed by atoms with Gasteiger partial charge in [-0.1, -0.05) is 31.0 Å². The van der Waals surface area contributed by atoms with Gasteiger partial charge in [-0.2, -0.15) is 0 Å². The lowest BCUT2D eigenvalue weighted by atomic mass is 9.83. The topological polar surface area (TPSA) is 89.4 Å². The maximum atomic E-state index is 12.9. The Labute approximate surface area is 163 Å². The van der Waals surface area contributed by atoms with E-state index in [2.05, 4.69) is 10.6 Å². The second kappa shape index (κ2) is 7.66. The molecule has 0 spiro atoms. The fourth-order valence-electron chi connectivity index (χ4n) is 4.27. The van der Waals surface area contributed by atoms with E-state index in [0.717, 1.165) is 30.2 Å². The average Bonchev–Trinajstić information content (AvgIpc) is 3.25. The minimum absolute atomic E-state index is 0.175. The van der Waals surface area contributed by atoms with E-state index in [1.165, 1.54) is 0 Å². The molecule has 2 amide bonds. The molecule has 7 heteroatoms. The van der Waals surface area contributed by atoms with Crippen molar-refractivity contribution in [3.63, 3.8) is 0 Å². The van der Waals surface area contributed by atoms with Gasteiger partial charge < -0.3 is 19.9 Å². The molecule has 0 bridgehead atoms. The second-order valence-corrected chi connectivity index (χ2v) is 7.64. The number of rotatable bonds is 4. The molecule has 3 atom stereocenters. The highest BCUT2D eigenvalue weighted by atomic mass is 16.5. The van der Waals surface area contributed by atoms with E-state index in [1.807, 2.05) is 41.9 Å². The molecule has 1 aliphatic heterocycles. The number of carbonyl (C=O) groups is 3. The summed E-state index contributed by atoms with van der Waals surface area (Å²) >= 11 is 0. The number of amides is 2. The third-order valence-corrected chi connectivity index (χ3v) is 5.86. The van der Waals surface area contributed by atoms with E-state index in [9.17, 15) is 14.4 Å². The van der Waals surface area contributed by atoms with E-state index in [0.29, 0.717) is 25.1 Å². The highest BCUT2D eigenvalue weighted by molar-refractivity contribution is 5.99. The molecular formula is C21H25N3O4. The fraction of sp³-hybridized carbons (Fsp3) is 0.476. The summed E-state index contributed by atoms with van der Waals surface area (Å²) in [5.74, 6) is -1.06. The fourth-order valence-corrected chi connectivity index (χ4v) is 4.27. The molecule has 2 aliphatic rings. The van der Waals surface area contributed by atoms with Crippen molar-refractivity contribution in [1.29, 1.82) is 0 Å². The van der Waals surface area contributed by atoms with Gasteiger partial charge in [-0.3, -0.25) is 9.59 Å². The van der Waals surface area contributed by atoms with Gasteiger partial charge in [0.1, 0.15) is 11.7 Å². The van der Waals surface area contributed by atoms with Gasteiger partial charge in [0, 0.05) is 30.4 Å². The van der Waals surface area contributed by atoms with Gasteiger partial charge in [0.2, 0.25) is 5.91 Å². The van der Waals surface area contributed by atoms with Gasteiger partial charge in [0.25, 0.3) is 5.91 Å². The Morgan fingerprint density at radius 1 is 1.11 bits per heavy atom. The van der Waals surface area contributed by atoms with Crippen LogP contribution >= 0.6 is 0 Å². The maximum absolute atomic E-state index is 12.9. The Balaban J connectivity index is 1.48. The molecule has 1 aromatic carbocycles. The maximum Gasteiger partial charge on any atom is 0.328 e. The van der Waals surface area contributed by atoms with Crippen molar-refractivity contribution in [1.82, 2.24) is 15.2 Å². The van der Waals surface area contributed by atoms with Gasteiger partial charge >= 0.3 is 5.97 Å². The predicted octanol–water partition coefficient (Wildman–Crippen LogP) is 1.90. The number of para-hydroxylation sites is 1. The standard InChI is InChI=1S/C21H25N3O4/c1-24-17-9-5-2-6-13(17)12-18(24)20(26)22-15-8-4-3-7-14(15)19(25)23-16-10-11-28-21(16)27/h2,5-6,9,12,14-16H,3-4,7-8,10-11H2,1H3,(H,22,26)(H,23,25). The minimum atomic E-state index is -0.566. The predicted molar refractivity (Wildman–Crippen MR) is 104 cm³/mol. The van der Waals surface area contributed by atoms with E-state index >= 15 is 0 Å². The summed E-state index contributed by atoms with van der Waals surface area (Å²) in [6, 6.07) is 8.91. The monoisotopic (exact) mass is 383 g/mol. The largest absolute Gasteiger partial charge is 0.464 e. The number of hydrogen-bond donors (Lipinski definition) is 2. The summed E-state index contributed by atoms with van der Waals surface area (Å²) in [5.41, 5.74) is 1.57. The summed E-state index contributed by atoms with van der Waals surface area (Å²) in [7, 11) is 1.87. The SMILES string of the molecule is Cn1c(C(=O)NC2CCCCC2C(=O)NC2CCOC2=O)cc2ccccc21. The van der Waals surface area contributed by atoms with Crippen molar-refractivity contribution in [3.8, 4) is 0 Å². The molecule has 148 valence electrons. The van der Waals surface area contributed by atoms with Crippen molar-refractivity contribution in [2.24, 2.45) is 13.0 Å². The number of cyclic esters (lactones) is 1. The molecule has 2 fully saturated rings.